The molecule has 0 radical (unpaired) electrons. The van der Waals surface area contributed by atoms with Gasteiger partial charge in [-0.25, -0.2) is 9.50 Å². The van der Waals surface area contributed by atoms with E-state index in [1.807, 2.05) is 48.1 Å². The Kier molecular flexibility index (Phi) is 4.98. The van der Waals surface area contributed by atoms with Gasteiger partial charge in [0.1, 0.15) is 11.5 Å². The normalized spacial score (nSPS) is 11.6. The number of anilines is 1. The summed E-state index contributed by atoms with van der Waals surface area (Å²) in [6, 6.07) is 13.3. The second kappa shape index (κ2) is 7.61. The zero-order chi connectivity index (χ0) is 21.3. The minimum absolute atomic E-state index is 0.365. The molecule has 3 heterocycles. The molecule has 2 N–H and O–H groups in total. The lowest BCUT2D eigenvalue weighted by molar-refractivity contribution is 0.0944. The van der Waals surface area contributed by atoms with E-state index < -0.39 is 5.60 Å². The topological polar surface area (TPSA) is 104 Å². The quantitative estimate of drug-likeness (QED) is 0.514. The van der Waals surface area contributed by atoms with E-state index >= 15 is 0 Å². The molecule has 4 aromatic rings. The molecule has 0 atom stereocenters. The fourth-order valence-electron chi connectivity index (χ4n) is 3.31. The lowest BCUT2D eigenvalue weighted by Crippen LogP contribution is -2.29. The molecule has 4 rings (SSSR count). The maximum Gasteiger partial charge on any atom is 0.167 e. The van der Waals surface area contributed by atoms with Gasteiger partial charge in [-0.2, -0.15) is 15.5 Å². The van der Waals surface area contributed by atoms with Gasteiger partial charge in [0, 0.05) is 31.0 Å². The van der Waals surface area contributed by atoms with Crippen molar-refractivity contribution in [2.24, 2.45) is 0 Å². The van der Waals surface area contributed by atoms with Crippen molar-refractivity contribution < 1.29 is 5.11 Å². The smallest absolute Gasteiger partial charge is 0.167 e. The summed E-state index contributed by atoms with van der Waals surface area (Å²) in [7, 11) is 0. The van der Waals surface area contributed by atoms with Gasteiger partial charge in [0.2, 0.25) is 0 Å². The van der Waals surface area contributed by atoms with E-state index in [1.54, 1.807) is 30.6 Å². The zero-order valence-corrected chi connectivity index (χ0v) is 17.2. The molecule has 0 bridgehead atoms. The predicted molar refractivity (Wildman–Crippen MR) is 115 cm³/mol. The number of aliphatic hydroxyl groups is 1. The third-order valence-electron chi connectivity index (χ3n) is 4.72. The highest BCUT2D eigenvalue weighted by atomic mass is 16.3. The van der Waals surface area contributed by atoms with Crippen molar-refractivity contribution in [1.29, 1.82) is 5.26 Å². The summed E-state index contributed by atoms with van der Waals surface area (Å²) >= 11 is 0. The van der Waals surface area contributed by atoms with Crippen LogP contribution in [0.3, 0.4) is 0 Å². The highest BCUT2D eigenvalue weighted by Gasteiger charge is 2.21. The molecule has 0 saturated carbocycles. The molecule has 1 aromatic carbocycles. The average Bonchev–Trinajstić information content (AvgIpc) is 3.35. The molecule has 3 aromatic heterocycles. The molecule has 8 heteroatoms. The number of fused-ring (bicyclic) bond motifs is 1. The van der Waals surface area contributed by atoms with Crippen LogP contribution in [0.2, 0.25) is 0 Å². The van der Waals surface area contributed by atoms with Gasteiger partial charge in [0.25, 0.3) is 0 Å². The second-order valence-electron chi connectivity index (χ2n) is 7.70. The Morgan fingerprint density at radius 1 is 1.23 bits per heavy atom. The van der Waals surface area contributed by atoms with Crippen molar-refractivity contribution >= 4 is 11.5 Å². The van der Waals surface area contributed by atoms with E-state index in [0.717, 1.165) is 22.5 Å². The van der Waals surface area contributed by atoms with Crippen LogP contribution in [0, 0.1) is 11.3 Å². The molecule has 0 spiro atoms. The van der Waals surface area contributed by atoms with Crippen molar-refractivity contribution in [3.05, 3.63) is 54.4 Å². The van der Waals surface area contributed by atoms with Gasteiger partial charge in [0.05, 0.1) is 28.5 Å². The highest BCUT2D eigenvalue weighted by molar-refractivity contribution is 5.89. The first-order valence-corrected chi connectivity index (χ1v) is 9.78. The van der Waals surface area contributed by atoms with Gasteiger partial charge < -0.3 is 10.4 Å². The summed E-state index contributed by atoms with van der Waals surface area (Å²) in [5.74, 6) is 0.644. The van der Waals surface area contributed by atoms with Crippen LogP contribution in [0.15, 0.2) is 48.8 Å². The first-order valence-electron chi connectivity index (χ1n) is 9.78. The van der Waals surface area contributed by atoms with Crippen LogP contribution in [0.25, 0.3) is 28.2 Å². The van der Waals surface area contributed by atoms with Crippen LogP contribution in [0.5, 0.6) is 0 Å². The molecule has 8 nitrogen and oxygen atoms in total. The number of hydrogen-bond acceptors (Lipinski definition) is 6. The first-order chi connectivity index (χ1) is 14.4. The maximum absolute atomic E-state index is 10.0. The Hall–Kier alpha value is -3.70. The maximum atomic E-state index is 10.0. The molecule has 0 aliphatic rings. The number of nitriles is 1. The Morgan fingerprint density at radius 2 is 2.07 bits per heavy atom. The predicted octanol–water partition coefficient (Wildman–Crippen LogP) is 3.33. The van der Waals surface area contributed by atoms with Gasteiger partial charge >= 0.3 is 0 Å². The van der Waals surface area contributed by atoms with Gasteiger partial charge in [0.15, 0.2) is 5.65 Å². The Labute approximate surface area is 174 Å². The van der Waals surface area contributed by atoms with Crippen LogP contribution >= 0.6 is 0 Å². The molecule has 0 saturated heterocycles. The van der Waals surface area contributed by atoms with Crippen LogP contribution < -0.4 is 5.32 Å². The highest BCUT2D eigenvalue weighted by Crippen LogP contribution is 2.35. The monoisotopic (exact) mass is 401 g/mol. The second-order valence-corrected chi connectivity index (χ2v) is 7.70. The number of nitrogens with one attached hydrogen (secondary N) is 1. The largest absolute Gasteiger partial charge is 0.389 e. The van der Waals surface area contributed by atoms with Gasteiger partial charge in [-0.15, -0.1) is 0 Å². The minimum atomic E-state index is -0.861. The average molecular weight is 401 g/mol. The molecule has 152 valence electrons. The van der Waals surface area contributed by atoms with Gasteiger partial charge in [-0.05, 0) is 45.0 Å². The molecule has 0 aliphatic carbocycles. The molecule has 0 aliphatic heterocycles. The number of rotatable bonds is 6. The molecule has 0 amide bonds. The minimum Gasteiger partial charge on any atom is -0.389 e. The third-order valence-corrected chi connectivity index (χ3v) is 4.72. The van der Waals surface area contributed by atoms with Crippen molar-refractivity contribution in [3.8, 4) is 28.6 Å². The van der Waals surface area contributed by atoms with Crippen molar-refractivity contribution in [2.75, 3.05) is 11.9 Å². The number of benzene rings is 1. The summed E-state index contributed by atoms with van der Waals surface area (Å²) in [6.07, 6.45) is 3.59. The Balaban J connectivity index is 1.93. The molecular weight excluding hydrogens is 378 g/mol. The lowest BCUT2D eigenvalue weighted by Gasteiger charge is -2.18. The number of aromatic nitrogens is 5. The van der Waals surface area contributed by atoms with Crippen LogP contribution in [-0.4, -0.2) is 41.6 Å². The van der Waals surface area contributed by atoms with Crippen LogP contribution in [0.4, 0.5) is 5.82 Å². The van der Waals surface area contributed by atoms with Gasteiger partial charge in [-0.3, -0.25) is 4.68 Å². The molecular formula is C22H23N7O. The fourth-order valence-corrected chi connectivity index (χ4v) is 3.31. The molecule has 30 heavy (non-hydrogen) atoms. The van der Waals surface area contributed by atoms with E-state index in [9.17, 15) is 10.4 Å². The Morgan fingerprint density at radius 3 is 2.80 bits per heavy atom. The summed E-state index contributed by atoms with van der Waals surface area (Å²) in [4.78, 5) is 4.77. The molecule has 0 fully saturated rings. The van der Waals surface area contributed by atoms with E-state index in [-0.39, 0.29) is 0 Å². The first kappa shape index (κ1) is 19.6. The van der Waals surface area contributed by atoms with E-state index in [0.29, 0.717) is 30.1 Å². The summed E-state index contributed by atoms with van der Waals surface area (Å²) in [5.41, 5.74) is 3.69. The summed E-state index contributed by atoms with van der Waals surface area (Å²) < 4.78 is 3.62. The van der Waals surface area contributed by atoms with Crippen LogP contribution in [-0.2, 0) is 6.54 Å². The molecule has 0 unspecified atom stereocenters. The van der Waals surface area contributed by atoms with E-state index in [4.69, 9.17) is 10.1 Å². The van der Waals surface area contributed by atoms with E-state index in [2.05, 4.69) is 16.5 Å². The summed E-state index contributed by atoms with van der Waals surface area (Å²) in [5, 5.41) is 31.7. The Bertz CT molecular complexity index is 1240. The van der Waals surface area contributed by atoms with Crippen molar-refractivity contribution in [1.82, 2.24) is 24.4 Å². The lowest BCUT2D eigenvalue weighted by atomic mass is 10.0. The fraction of sp³-hybridized carbons (Fsp3) is 0.273. The SMILES string of the molecule is CCn1nccc1-c1c(-c2cccc(C#N)c2)nn2ccc(NCC(C)(C)O)nc12. The van der Waals surface area contributed by atoms with Gasteiger partial charge in [-0.1, -0.05) is 12.1 Å². The number of hydrogen-bond donors (Lipinski definition) is 2. The number of nitrogens with zero attached hydrogens (tertiary/aromatic N) is 6. The summed E-state index contributed by atoms with van der Waals surface area (Å²) in [6.45, 7) is 6.57. The third kappa shape index (κ3) is 3.75. The standard InChI is InChI=1S/C22H23N7O/c1-4-28-17(8-10-25-28)19-20(16-7-5-6-15(12-16)13-23)27-29-11-9-18(26-21(19)29)24-14-22(2,3)30/h5-12,30H,4,14H2,1-3H3,(H,24,26). The zero-order valence-electron chi connectivity index (χ0n) is 17.2. The van der Waals surface area contributed by atoms with Crippen molar-refractivity contribution in [2.45, 2.75) is 32.9 Å². The van der Waals surface area contributed by atoms with E-state index in [1.165, 1.54) is 0 Å². The number of aryl methyl sites for hydroxylation is 1. The van der Waals surface area contributed by atoms with Crippen molar-refractivity contribution in [3.63, 3.8) is 0 Å². The van der Waals surface area contributed by atoms with Crippen LogP contribution in [0.1, 0.15) is 26.3 Å².